The van der Waals surface area contributed by atoms with Gasteiger partial charge < -0.3 is 11.1 Å². The van der Waals surface area contributed by atoms with Crippen molar-refractivity contribution in [2.75, 3.05) is 31.5 Å². The summed E-state index contributed by atoms with van der Waals surface area (Å²) in [4.78, 5) is 23.5. The van der Waals surface area contributed by atoms with Crippen molar-refractivity contribution < 1.29 is 13.2 Å². The number of aromatic nitrogens is 2. The number of para-hydroxylation sites is 1. The molecule has 3 aromatic rings. The molecule has 9 nitrogen and oxygen atoms in total. The van der Waals surface area contributed by atoms with Crippen LogP contribution in [0.5, 0.6) is 0 Å². The van der Waals surface area contributed by atoms with Gasteiger partial charge >= 0.3 is 0 Å². The first-order chi connectivity index (χ1) is 17.2. The monoisotopic (exact) mass is 508 g/mol. The van der Waals surface area contributed by atoms with Gasteiger partial charge in [0.25, 0.3) is 0 Å². The Labute approximate surface area is 212 Å². The van der Waals surface area contributed by atoms with Crippen molar-refractivity contribution in [3.05, 3.63) is 71.4 Å². The summed E-state index contributed by atoms with van der Waals surface area (Å²) in [5, 5.41) is 5.30. The largest absolute Gasteiger partial charge is 0.368 e. The van der Waals surface area contributed by atoms with E-state index < -0.39 is 22.0 Å². The van der Waals surface area contributed by atoms with E-state index in [-0.39, 0.29) is 5.92 Å². The lowest BCUT2D eigenvalue weighted by molar-refractivity contribution is -0.119. The van der Waals surface area contributed by atoms with Crippen LogP contribution in [0.15, 0.2) is 60.0 Å². The zero-order chi connectivity index (χ0) is 25.7. The second kappa shape index (κ2) is 11.2. The van der Waals surface area contributed by atoms with Crippen LogP contribution in [0, 0.1) is 5.92 Å². The van der Waals surface area contributed by atoms with Crippen LogP contribution in [-0.2, 0) is 21.4 Å². The number of carbonyl (C=O) groups excluding carboxylic acids is 1. The van der Waals surface area contributed by atoms with Gasteiger partial charge in [0, 0.05) is 37.0 Å². The quantitative estimate of drug-likeness (QED) is 0.456. The molecular weight excluding hydrogens is 476 g/mol. The number of amides is 1. The van der Waals surface area contributed by atoms with Gasteiger partial charge in [-0.25, -0.2) is 18.4 Å². The standard InChI is InChI=1S/C26H32N6O3S/c1-19(2)24(25(27)33)30-26-21-10-6-7-11-22(21)28-23(29-26)18-31-13-15-32(16-14-31)36(34,35)17-12-20-8-4-3-5-9-20/h3-12,17,19,24H,13-16,18H2,1-2H3,(H2,27,33)(H,28,29,30)/b17-12+/t24-/m0/s1. The van der Waals surface area contributed by atoms with Crippen molar-refractivity contribution in [3.8, 4) is 0 Å². The van der Waals surface area contributed by atoms with Crippen molar-refractivity contribution >= 4 is 38.7 Å². The minimum atomic E-state index is -3.50. The van der Waals surface area contributed by atoms with Crippen LogP contribution in [0.1, 0.15) is 25.2 Å². The van der Waals surface area contributed by atoms with E-state index in [0.29, 0.717) is 44.4 Å². The maximum Gasteiger partial charge on any atom is 0.240 e. The second-order valence-electron chi connectivity index (χ2n) is 9.21. The first kappa shape index (κ1) is 25.7. The highest BCUT2D eigenvalue weighted by atomic mass is 32.2. The van der Waals surface area contributed by atoms with E-state index in [2.05, 4.69) is 10.2 Å². The zero-order valence-electron chi connectivity index (χ0n) is 20.5. The average molecular weight is 509 g/mol. The Hall–Kier alpha value is -3.34. The molecule has 3 N–H and O–H groups in total. The number of carbonyl (C=O) groups is 1. The summed E-state index contributed by atoms with van der Waals surface area (Å²) in [6.07, 6.45) is 1.62. The van der Waals surface area contributed by atoms with Gasteiger partial charge in [-0.3, -0.25) is 9.69 Å². The summed E-state index contributed by atoms with van der Waals surface area (Å²) in [7, 11) is -3.50. The zero-order valence-corrected chi connectivity index (χ0v) is 21.4. The number of anilines is 1. The van der Waals surface area contributed by atoms with E-state index in [1.807, 2.05) is 68.4 Å². The molecule has 1 fully saturated rings. The van der Waals surface area contributed by atoms with Crippen molar-refractivity contribution in [2.45, 2.75) is 26.4 Å². The lowest BCUT2D eigenvalue weighted by Gasteiger charge is -2.33. The highest BCUT2D eigenvalue weighted by molar-refractivity contribution is 7.92. The van der Waals surface area contributed by atoms with E-state index in [9.17, 15) is 13.2 Å². The third-order valence-corrected chi connectivity index (χ3v) is 7.77. The molecule has 0 saturated carbocycles. The number of hydrogen-bond acceptors (Lipinski definition) is 7. The minimum absolute atomic E-state index is 0.00866. The molecule has 0 bridgehead atoms. The summed E-state index contributed by atoms with van der Waals surface area (Å²) in [6.45, 7) is 6.22. The summed E-state index contributed by atoms with van der Waals surface area (Å²) < 4.78 is 27.1. The third-order valence-electron chi connectivity index (χ3n) is 6.20. The molecule has 0 aliphatic carbocycles. The summed E-state index contributed by atoms with van der Waals surface area (Å²) in [5.74, 6) is 0.724. The van der Waals surface area contributed by atoms with Gasteiger partial charge in [-0.1, -0.05) is 56.3 Å². The molecule has 1 aliphatic rings. The van der Waals surface area contributed by atoms with Crippen molar-refractivity contribution in [1.29, 1.82) is 0 Å². The smallest absolute Gasteiger partial charge is 0.240 e. The number of rotatable bonds is 9. The lowest BCUT2D eigenvalue weighted by Crippen LogP contribution is -2.47. The maximum absolute atomic E-state index is 12.8. The molecule has 2 aromatic carbocycles. The van der Waals surface area contributed by atoms with Crippen molar-refractivity contribution in [3.63, 3.8) is 0 Å². The summed E-state index contributed by atoms with van der Waals surface area (Å²) in [6, 6.07) is 16.4. The highest BCUT2D eigenvalue weighted by Gasteiger charge is 2.26. The molecule has 2 heterocycles. The fourth-order valence-corrected chi connectivity index (χ4v) is 5.35. The molecule has 1 saturated heterocycles. The molecule has 36 heavy (non-hydrogen) atoms. The predicted molar refractivity (Wildman–Crippen MR) is 142 cm³/mol. The molecule has 4 rings (SSSR count). The second-order valence-corrected chi connectivity index (χ2v) is 11.0. The van der Waals surface area contributed by atoms with Gasteiger partial charge in [0.05, 0.1) is 12.1 Å². The van der Waals surface area contributed by atoms with Gasteiger partial charge in [-0.2, -0.15) is 4.31 Å². The molecule has 1 amide bonds. The molecule has 1 atom stereocenters. The maximum atomic E-state index is 12.8. The number of nitrogens with two attached hydrogens (primary N) is 1. The molecule has 0 unspecified atom stereocenters. The lowest BCUT2D eigenvalue weighted by atomic mass is 10.0. The van der Waals surface area contributed by atoms with E-state index in [1.165, 1.54) is 9.71 Å². The van der Waals surface area contributed by atoms with Crippen LogP contribution >= 0.6 is 0 Å². The van der Waals surface area contributed by atoms with Crippen LogP contribution in [0.2, 0.25) is 0 Å². The van der Waals surface area contributed by atoms with Gasteiger partial charge in [0.15, 0.2) is 0 Å². The van der Waals surface area contributed by atoms with Crippen LogP contribution in [0.4, 0.5) is 5.82 Å². The highest BCUT2D eigenvalue weighted by Crippen LogP contribution is 2.23. The number of hydrogen-bond donors (Lipinski definition) is 2. The number of benzene rings is 2. The Kier molecular flexibility index (Phi) is 7.97. The summed E-state index contributed by atoms with van der Waals surface area (Å²) in [5.41, 5.74) is 7.22. The third kappa shape index (κ3) is 6.26. The van der Waals surface area contributed by atoms with Gasteiger partial charge in [-0.15, -0.1) is 0 Å². The van der Waals surface area contributed by atoms with E-state index >= 15 is 0 Å². The molecule has 1 aromatic heterocycles. The molecule has 0 radical (unpaired) electrons. The Morgan fingerprint density at radius 1 is 1.03 bits per heavy atom. The SMILES string of the molecule is CC(C)[C@H](Nc1nc(CN2CCN(S(=O)(=O)/C=C/c3ccccc3)CC2)nc2ccccc12)C(N)=O. The fraction of sp³-hybridized carbons (Fsp3) is 0.346. The number of nitrogens with one attached hydrogen (secondary N) is 1. The normalized spacial score (nSPS) is 16.5. The summed E-state index contributed by atoms with van der Waals surface area (Å²) >= 11 is 0. The van der Waals surface area contributed by atoms with E-state index in [4.69, 9.17) is 15.7 Å². The number of nitrogens with zero attached hydrogens (tertiary/aromatic N) is 4. The Morgan fingerprint density at radius 3 is 2.36 bits per heavy atom. The Morgan fingerprint density at radius 2 is 1.69 bits per heavy atom. The molecule has 10 heteroatoms. The number of sulfonamides is 1. The van der Waals surface area contributed by atoms with Crippen LogP contribution in [0.25, 0.3) is 17.0 Å². The first-order valence-corrected chi connectivity index (χ1v) is 13.5. The topological polar surface area (TPSA) is 122 Å². The predicted octanol–water partition coefficient (Wildman–Crippen LogP) is 2.67. The average Bonchev–Trinajstić information content (AvgIpc) is 2.86. The number of fused-ring (bicyclic) bond motifs is 1. The Balaban J connectivity index is 1.45. The van der Waals surface area contributed by atoms with Gasteiger partial charge in [-0.05, 0) is 29.7 Å². The van der Waals surface area contributed by atoms with Crippen LogP contribution in [0.3, 0.4) is 0 Å². The van der Waals surface area contributed by atoms with Crippen molar-refractivity contribution in [1.82, 2.24) is 19.2 Å². The van der Waals surface area contributed by atoms with E-state index in [1.54, 1.807) is 6.08 Å². The first-order valence-electron chi connectivity index (χ1n) is 12.0. The van der Waals surface area contributed by atoms with Gasteiger partial charge in [0.1, 0.15) is 17.7 Å². The molecule has 0 spiro atoms. The van der Waals surface area contributed by atoms with Crippen LogP contribution < -0.4 is 11.1 Å². The number of piperazine rings is 1. The van der Waals surface area contributed by atoms with Gasteiger partial charge in [0.2, 0.25) is 15.9 Å². The van der Waals surface area contributed by atoms with E-state index in [0.717, 1.165) is 16.5 Å². The minimum Gasteiger partial charge on any atom is -0.368 e. The molecule has 190 valence electrons. The Bertz CT molecular complexity index is 1340. The number of primary amides is 1. The molecule has 1 aliphatic heterocycles. The van der Waals surface area contributed by atoms with Crippen molar-refractivity contribution in [2.24, 2.45) is 11.7 Å². The molecular formula is C26H32N6O3S. The van der Waals surface area contributed by atoms with Crippen LogP contribution in [-0.4, -0.2) is 65.7 Å². The fourth-order valence-electron chi connectivity index (χ4n) is 4.18.